The lowest BCUT2D eigenvalue weighted by atomic mass is 9.83. The molecule has 1 aliphatic rings. The van der Waals surface area contributed by atoms with Crippen LogP contribution in [0.5, 0.6) is 5.88 Å². The van der Waals surface area contributed by atoms with E-state index in [2.05, 4.69) is 21.3 Å². The number of ether oxygens (including phenoxy) is 1. The van der Waals surface area contributed by atoms with Gasteiger partial charge in [0.05, 0.1) is 11.5 Å². The highest BCUT2D eigenvalue weighted by Gasteiger charge is 2.35. The number of H-pyrrole nitrogens is 2. The van der Waals surface area contributed by atoms with Gasteiger partial charge in [-0.1, -0.05) is 25.1 Å². The van der Waals surface area contributed by atoms with Crippen LogP contribution in [0.1, 0.15) is 29.7 Å². The number of aromatic amines is 2. The fraction of sp³-hybridized carbons (Fsp3) is 0.176. The molecule has 23 heavy (non-hydrogen) atoms. The number of nitriles is 1. The number of benzene rings is 1. The van der Waals surface area contributed by atoms with Gasteiger partial charge in [0, 0.05) is 22.8 Å². The van der Waals surface area contributed by atoms with Gasteiger partial charge in [0.1, 0.15) is 11.6 Å². The van der Waals surface area contributed by atoms with Crippen molar-refractivity contribution < 1.29 is 4.74 Å². The Hall–Kier alpha value is -3.20. The highest BCUT2D eigenvalue weighted by atomic mass is 16.5. The Balaban J connectivity index is 2.02. The number of hydrogen-bond acceptors (Lipinski definition) is 4. The molecule has 3 aromatic rings. The van der Waals surface area contributed by atoms with Crippen molar-refractivity contribution in [2.24, 2.45) is 5.73 Å². The number of rotatable bonds is 2. The van der Waals surface area contributed by atoms with Crippen molar-refractivity contribution in [1.82, 2.24) is 15.2 Å². The Morgan fingerprint density at radius 2 is 2.22 bits per heavy atom. The van der Waals surface area contributed by atoms with Gasteiger partial charge in [-0.3, -0.25) is 5.10 Å². The molecule has 0 spiro atoms. The molecule has 2 aromatic heterocycles. The van der Waals surface area contributed by atoms with Crippen LogP contribution in [-0.4, -0.2) is 15.2 Å². The number of aryl methyl sites for hydroxylation is 1. The summed E-state index contributed by atoms with van der Waals surface area (Å²) in [6, 6.07) is 10.2. The normalized spacial score (nSPS) is 17.0. The van der Waals surface area contributed by atoms with Crippen molar-refractivity contribution in [2.75, 3.05) is 0 Å². The van der Waals surface area contributed by atoms with Crippen LogP contribution in [-0.2, 0) is 6.42 Å². The first kappa shape index (κ1) is 13.5. The largest absolute Gasteiger partial charge is 0.420 e. The number of aromatic nitrogens is 3. The smallest absolute Gasteiger partial charge is 0.244 e. The van der Waals surface area contributed by atoms with Crippen molar-refractivity contribution in [1.29, 1.82) is 5.26 Å². The summed E-state index contributed by atoms with van der Waals surface area (Å²) in [5, 5.41) is 17.9. The lowest BCUT2D eigenvalue weighted by Crippen LogP contribution is -2.21. The molecular weight excluding hydrogens is 290 g/mol. The SMILES string of the molecule is CCc1[nH]nc2c1[C@H](c1c[nH]c3ccccc13)C(C#N)=C(N)O2. The average molecular weight is 305 g/mol. The zero-order valence-electron chi connectivity index (χ0n) is 12.6. The number of hydrogen-bond donors (Lipinski definition) is 3. The van der Waals surface area contributed by atoms with Crippen molar-refractivity contribution in [2.45, 2.75) is 19.3 Å². The number of nitrogens with one attached hydrogen (secondary N) is 2. The standard InChI is InChI=1S/C17H15N5O/c1-2-12-15-14(10(7-18)16(19)23-17(15)22-21-12)11-8-20-13-6-4-3-5-9(11)13/h3-6,8,14,20H,2,19H2,1H3,(H,21,22)/t14-/m0/s1. The summed E-state index contributed by atoms with van der Waals surface area (Å²) in [5.74, 6) is 0.284. The second-order valence-electron chi connectivity index (χ2n) is 5.49. The maximum atomic E-state index is 9.62. The Bertz CT molecular complexity index is 972. The van der Waals surface area contributed by atoms with E-state index in [-0.39, 0.29) is 11.8 Å². The van der Waals surface area contributed by atoms with E-state index in [4.69, 9.17) is 10.5 Å². The Labute approximate surface area is 132 Å². The van der Waals surface area contributed by atoms with Crippen molar-refractivity contribution in [3.63, 3.8) is 0 Å². The summed E-state index contributed by atoms with van der Waals surface area (Å²) < 4.78 is 5.54. The van der Waals surface area contributed by atoms with Gasteiger partial charge in [-0.25, -0.2) is 0 Å². The van der Waals surface area contributed by atoms with Crippen LogP contribution < -0.4 is 10.5 Å². The van der Waals surface area contributed by atoms with Gasteiger partial charge in [-0.05, 0) is 18.1 Å². The van der Waals surface area contributed by atoms with Crippen LogP contribution in [0.15, 0.2) is 41.9 Å². The van der Waals surface area contributed by atoms with Crippen LogP contribution in [0.3, 0.4) is 0 Å². The van der Waals surface area contributed by atoms with E-state index in [1.165, 1.54) is 0 Å². The number of nitrogens with zero attached hydrogens (tertiary/aromatic N) is 2. The summed E-state index contributed by atoms with van der Waals surface area (Å²) in [5.41, 5.74) is 10.2. The minimum Gasteiger partial charge on any atom is -0.420 e. The van der Waals surface area contributed by atoms with Gasteiger partial charge in [-0.2, -0.15) is 5.26 Å². The molecule has 1 atom stereocenters. The molecule has 0 bridgehead atoms. The maximum Gasteiger partial charge on any atom is 0.244 e. The lowest BCUT2D eigenvalue weighted by molar-refractivity contribution is 0.379. The molecule has 0 fully saturated rings. The molecule has 0 radical (unpaired) electrons. The van der Waals surface area contributed by atoms with Crippen LogP contribution in [0.2, 0.25) is 0 Å². The van der Waals surface area contributed by atoms with Gasteiger partial charge < -0.3 is 15.5 Å². The number of nitrogens with two attached hydrogens (primary N) is 1. The first-order chi connectivity index (χ1) is 11.2. The minimum atomic E-state index is -0.284. The second-order valence-corrected chi connectivity index (χ2v) is 5.49. The van der Waals surface area contributed by atoms with Gasteiger partial charge in [0.2, 0.25) is 11.8 Å². The molecule has 0 saturated carbocycles. The summed E-state index contributed by atoms with van der Waals surface area (Å²) in [7, 11) is 0. The molecule has 1 aromatic carbocycles. The number of fused-ring (bicyclic) bond motifs is 2. The van der Waals surface area contributed by atoms with Crippen LogP contribution >= 0.6 is 0 Å². The van der Waals surface area contributed by atoms with Crippen molar-refractivity contribution >= 4 is 10.9 Å². The number of para-hydroxylation sites is 1. The van der Waals surface area contributed by atoms with Gasteiger partial charge in [0.25, 0.3) is 0 Å². The zero-order valence-corrected chi connectivity index (χ0v) is 12.6. The summed E-state index contributed by atoms with van der Waals surface area (Å²) in [6.45, 7) is 2.04. The molecule has 114 valence electrons. The third-order valence-corrected chi connectivity index (χ3v) is 4.30. The quantitative estimate of drug-likeness (QED) is 0.677. The van der Waals surface area contributed by atoms with E-state index in [1.807, 2.05) is 37.4 Å². The fourth-order valence-electron chi connectivity index (χ4n) is 3.22. The van der Waals surface area contributed by atoms with Crippen LogP contribution in [0, 0.1) is 11.3 Å². The van der Waals surface area contributed by atoms with E-state index < -0.39 is 0 Å². The third-order valence-electron chi connectivity index (χ3n) is 4.30. The fourth-order valence-corrected chi connectivity index (χ4v) is 3.22. The maximum absolute atomic E-state index is 9.62. The van der Waals surface area contributed by atoms with E-state index in [1.54, 1.807) is 0 Å². The van der Waals surface area contributed by atoms with E-state index in [9.17, 15) is 5.26 Å². The van der Waals surface area contributed by atoms with E-state index >= 15 is 0 Å². The molecule has 0 amide bonds. The first-order valence-corrected chi connectivity index (χ1v) is 7.45. The minimum absolute atomic E-state index is 0.115. The van der Waals surface area contributed by atoms with Gasteiger partial charge in [0.15, 0.2) is 0 Å². The molecule has 4 rings (SSSR count). The highest BCUT2D eigenvalue weighted by molar-refractivity contribution is 5.85. The summed E-state index contributed by atoms with van der Waals surface area (Å²) >= 11 is 0. The van der Waals surface area contributed by atoms with E-state index in [0.29, 0.717) is 11.5 Å². The molecule has 1 aliphatic heterocycles. The zero-order chi connectivity index (χ0) is 16.0. The Morgan fingerprint density at radius 1 is 1.39 bits per heavy atom. The monoisotopic (exact) mass is 305 g/mol. The van der Waals surface area contributed by atoms with Crippen molar-refractivity contribution in [3.8, 4) is 11.9 Å². The van der Waals surface area contributed by atoms with Crippen molar-refractivity contribution in [3.05, 3.63) is 58.7 Å². The topological polar surface area (TPSA) is 104 Å². The van der Waals surface area contributed by atoms with E-state index in [0.717, 1.165) is 34.1 Å². The molecule has 3 heterocycles. The predicted octanol–water partition coefficient (Wildman–Crippen LogP) is 2.67. The molecule has 0 unspecified atom stereocenters. The average Bonchev–Trinajstić information content (AvgIpc) is 3.17. The molecule has 0 aliphatic carbocycles. The lowest BCUT2D eigenvalue weighted by Gasteiger charge is -2.23. The third kappa shape index (κ3) is 1.83. The first-order valence-electron chi connectivity index (χ1n) is 7.45. The molecule has 0 saturated heterocycles. The molecular formula is C17H15N5O. The predicted molar refractivity (Wildman–Crippen MR) is 85.6 cm³/mol. The Morgan fingerprint density at radius 3 is 3.00 bits per heavy atom. The molecule has 6 nitrogen and oxygen atoms in total. The highest BCUT2D eigenvalue weighted by Crippen LogP contribution is 2.44. The molecule has 6 heteroatoms. The summed E-state index contributed by atoms with van der Waals surface area (Å²) in [6.07, 6.45) is 2.70. The van der Waals surface area contributed by atoms with Crippen LogP contribution in [0.4, 0.5) is 0 Å². The van der Waals surface area contributed by atoms with Gasteiger partial charge >= 0.3 is 0 Å². The van der Waals surface area contributed by atoms with Gasteiger partial charge in [-0.15, -0.1) is 5.10 Å². The van der Waals surface area contributed by atoms with Crippen LogP contribution in [0.25, 0.3) is 10.9 Å². The Kier molecular flexibility index (Phi) is 2.88. The molecule has 4 N–H and O–H groups in total. The number of allylic oxidation sites excluding steroid dienone is 1. The summed E-state index contributed by atoms with van der Waals surface area (Å²) in [4.78, 5) is 3.26. The second kappa shape index (κ2) is 4.92.